The van der Waals surface area contributed by atoms with E-state index in [0.29, 0.717) is 18.4 Å². The van der Waals surface area contributed by atoms with Crippen molar-refractivity contribution in [2.45, 2.75) is 25.8 Å². The van der Waals surface area contributed by atoms with Crippen molar-refractivity contribution in [3.05, 3.63) is 60.2 Å². The highest BCUT2D eigenvalue weighted by Gasteiger charge is 2.09. The molecule has 1 atom stereocenters. The summed E-state index contributed by atoms with van der Waals surface area (Å²) in [6.45, 7) is 3.75. The van der Waals surface area contributed by atoms with E-state index in [4.69, 9.17) is 4.74 Å². The monoisotopic (exact) mass is 285 g/mol. The molecule has 0 fully saturated rings. The zero-order valence-electron chi connectivity index (χ0n) is 12.5. The Hall–Kier alpha value is -2.00. The molecule has 0 heterocycles. The predicted octanol–water partition coefficient (Wildman–Crippen LogP) is 3.38. The highest BCUT2D eigenvalue weighted by atomic mass is 16.5. The molecule has 0 amide bonds. The quantitative estimate of drug-likeness (QED) is 0.781. The van der Waals surface area contributed by atoms with Crippen LogP contribution in [0.25, 0.3) is 0 Å². The maximum atomic E-state index is 9.33. The number of hydrogen-bond donors (Lipinski definition) is 2. The largest absolute Gasteiger partial charge is 0.508 e. The van der Waals surface area contributed by atoms with Gasteiger partial charge in [-0.05, 0) is 49.2 Å². The van der Waals surface area contributed by atoms with Crippen molar-refractivity contribution < 1.29 is 9.84 Å². The summed E-state index contributed by atoms with van der Waals surface area (Å²) in [4.78, 5) is 0. The second kappa shape index (κ2) is 8.32. The van der Waals surface area contributed by atoms with Gasteiger partial charge in [0.15, 0.2) is 0 Å². The topological polar surface area (TPSA) is 41.5 Å². The molecule has 0 spiro atoms. The Kier molecular flexibility index (Phi) is 6.10. The number of phenolic OH excluding ortho intramolecular Hbond substituents is 1. The number of likely N-dealkylation sites (N-methyl/N-ethyl adjacent to an activating group) is 1. The van der Waals surface area contributed by atoms with Crippen LogP contribution in [0.5, 0.6) is 11.5 Å². The molecule has 2 N–H and O–H groups in total. The number of para-hydroxylation sites is 1. The molecule has 3 nitrogen and oxygen atoms in total. The predicted molar refractivity (Wildman–Crippen MR) is 85.8 cm³/mol. The van der Waals surface area contributed by atoms with Crippen molar-refractivity contribution in [1.82, 2.24) is 5.32 Å². The summed E-state index contributed by atoms with van der Waals surface area (Å²) in [7, 11) is 0. The van der Waals surface area contributed by atoms with Gasteiger partial charge in [0.25, 0.3) is 0 Å². The van der Waals surface area contributed by atoms with Gasteiger partial charge in [-0.15, -0.1) is 0 Å². The van der Waals surface area contributed by atoms with E-state index in [1.165, 1.54) is 5.56 Å². The molecule has 3 heteroatoms. The molecule has 112 valence electrons. The van der Waals surface area contributed by atoms with Crippen molar-refractivity contribution in [3.63, 3.8) is 0 Å². The van der Waals surface area contributed by atoms with Crippen molar-refractivity contribution in [2.24, 2.45) is 0 Å². The Bertz CT molecular complexity index is 511. The lowest BCUT2D eigenvalue weighted by Gasteiger charge is -2.18. The molecule has 0 saturated heterocycles. The van der Waals surface area contributed by atoms with Crippen molar-refractivity contribution >= 4 is 0 Å². The summed E-state index contributed by atoms with van der Waals surface area (Å²) < 4.78 is 5.76. The van der Waals surface area contributed by atoms with Crippen molar-refractivity contribution in [1.29, 1.82) is 0 Å². The van der Waals surface area contributed by atoms with Crippen LogP contribution in [0.3, 0.4) is 0 Å². The molecule has 0 aliphatic carbocycles. The Balaban J connectivity index is 1.82. The van der Waals surface area contributed by atoms with Gasteiger partial charge in [-0.1, -0.05) is 37.3 Å². The molecule has 2 aromatic rings. The van der Waals surface area contributed by atoms with E-state index >= 15 is 0 Å². The van der Waals surface area contributed by atoms with Gasteiger partial charge < -0.3 is 15.2 Å². The van der Waals surface area contributed by atoms with E-state index in [2.05, 4.69) is 12.2 Å². The van der Waals surface area contributed by atoms with Gasteiger partial charge in [0.05, 0.1) is 6.61 Å². The maximum Gasteiger partial charge on any atom is 0.119 e. The van der Waals surface area contributed by atoms with E-state index in [-0.39, 0.29) is 0 Å². The van der Waals surface area contributed by atoms with Crippen LogP contribution >= 0.6 is 0 Å². The third-order valence-corrected chi connectivity index (χ3v) is 3.39. The van der Waals surface area contributed by atoms with Crippen LogP contribution < -0.4 is 10.1 Å². The van der Waals surface area contributed by atoms with Crippen LogP contribution in [-0.2, 0) is 6.42 Å². The van der Waals surface area contributed by atoms with Crippen LogP contribution in [0, 0.1) is 0 Å². The first-order valence-electron chi connectivity index (χ1n) is 7.47. The second-order valence-electron chi connectivity index (χ2n) is 5.08. The normalized spacial score (nSPS) is 12.0. The molecule has 0 bridgehead atoms. The Labute approximate surface area is 126 Å². The van der Waals surface area contributed by atoms with Gasteiger partial charge in [0.2, 0.25) is 0 Å². The lowest BCUT2D eigenvalue weighted by Crippen LogP contribution is -2.32. The van der Waals surface area contributed by atoms with Gasteiger partial charge in [-0.3, -0.25) is 0 Å². The molecule has 0 aliphatic rings. The Morgan fingerprint density at radius 3 is 2.43 bits per heavy atom. The van der Waals surface area contributed by atoms with Crippen molar-refractivity contribution in [3.8, 4) is 11.5 Å². The van der Waals surface area contributed by atoms with Gasteiger partial charge >= 0.3 is 0 Å². The molecule has 1 unspecified atom stereocenters. The minimum Gasteiger partial charge on any atom is -0.508 e. The summed E-state index contributed by atoms with van der Waals surface area (Å²) in [5, 5.41) is 12.8. The molecule has 0 radical (unpaired) electrons. The average Bonchev–Trinajstić information content (AvgIpc) is 2.51. The van der Waals surface area contributed by atoms with Gasteiger partial charge in [-0.2, -0.15) is 0 Å². The maximum absolute atomic E-state index is 9.33. The zero-order valence-corrected chi connectivity index (χ0v) is 12.5. The number of benzene rings is 2. The van der Waals surface area contributed by atoms with Crippen LogP contribution in [-0.4, -0.2) is 24.3 Å². The smallest absolute Gasteiger partial charge is 0.119 e. The molecular weight excluding hydrogens is 262 g/mol. The number of rotatable bonds is 8. The van der Waals surface area contributed by atoms with E-state index in [0.717, 1.165) is 25.1 Å². The summed E-state index contributed by atoms with van der Waals surface area (Å²) in [5.41, 5.74) is 1.22. The van der Waals surface area contributed by atoms with Crippen LogP contribution in [0.4, 0.5) is 0 Å². The SMILES string of the molecule is CCNC(CCOc1ccccc1)Cc1ccc(O)cc1. The highest BCUT2D eigenvalue weighted by Crippen LogP contribution is 2.13. The number of aromatic hydroxyl groups is 1. The molecular formula is C18H23NO2. The van der Waals surface area contributed by atoms with E-state index in [1.54, 1.807) is 12.1 Å². The van der Waals surface area contributed by atoms with Crippen LogP contribution in [0.1, 0.15) is 18.9 Å². The highest BCUT2D eigenvalue weighted by molar-refractivity contribution is 5.26. The fourth-order valence-corrected chi connectivity index (χ4v) is 2.32. The Morgan fingerprint density at radius 2 is 1.76 bits per heavy atom. The number of phenols is 1. The molecule has 0 aromatic heterocycles. The van der Waals surface area contributed by atoms with Crippen molar-refractivity contribution in [2.75, 3.05) is 13.2 Å². The fraction of sp³-hybridized carbons (Fsp3) is 0.333. The third kappa shape index (κ3) is 5.48. The summed E-state index contributed by atoms with van der Waals surface area (Å²) in [6, 6.07) is 17.7. The summed E-state index contributed by atoms with van der Waals surface area (Å²) >= 11 is 0. The first-order valence-corrected chi connectivity index (χ1v) is 7.47. The molecule has 21 heavy (non-hydrogen) atoms. The van der Waals surface area contributed by atoms with Crippen LogP contribution in [0.2, 0.25) is 0 Å². The summed E-state index contributed by atoms with van der Waals surface area (Å²) in [6.07, 6.45) is 1.88. The minimum absolute atomic E-state index is 0.311. The molecule has 2 aromatic carbocycles. The van der Waals surface area contributed by atoms with Gasteiger partial charge in [-0.25, -0.2) is 0 Å². The van der Waals surface area contributed by atoms with Crippen LogP contribution in [0.15, 0.2) is 54.6 Å². The lowest BCUT2D eigenvalue weighted by atomic mass is 10.0. The fourth-order valence-electron chi connectivity index (χ4n) is 2.32. The molecule has 2 rings (SSSR count). The standard InChI is InChI=1S/C18H23NO2/c1-2-19-16(14-15-8-10-17(20)11-9-15)12-13-21-18-6-4-3-5-7-18/h3-11,16,19-20H,2,12-14H2,1H3. The van der Waals surface area contributed by atoms with E-state index < -0.39 is 0 Å². The first-order chi connectivity index (χ1) is 10.3. The number of ether oxygens (including phenoxy) is 1. The summed E-state index contributed by atoms with van der Waals surface area (Å²) in [5.74, 6) is 1.23. The van der Waals surface area contributed by atoms with E-state index in [9.17, 15) is 5.11 Å². The number of nitrogens with one attached hydrogen (secondary N) is 1. The third-order valence-electron chi connectivity index (χ3n) is 3.39. The molecule has 0 aliphatic heterocycles. The van der Waals surface area contributed by atoms with E-state index in [1.807, 2.05) is 42.5 Å². The second-order valence-corrected chi connectivity index (χ2v) is 5.08. The Morgan fingerprint density at radius 1 is 1.05 bits per heavy atom. The zero-order chi connectivity index (χ0) is 14.9. The average molecular weight is 285 g/mol. The lowest BCUT2D eigenvalue weighted by molar-refractivity contribution is 0.285. The van der Waals surface area contributed by atoms with Gasteiger partial charge in [0.1, 0.15) is 11.5 Å². The number of hydrogen-bond acceptors (Lipinski definition) is 3. The molecule has 0 saturated carbocycles. The minimum atomic E-state index is 0.311. The first kappa shape index (κ1) is 15.4. The van der Waals surface area contributed by atoms with Gasteiger partial charge in [0, 0.05) is 6.04 Å².